The molecule has 7 nitrogen and oxygen atoms in total. The van der Waals surface area contributed by atoms with Crippen molar-refractivity contribution in [3.63, 3.8) is 0 Å². The maximum atomic E-state index is 11.4. The lowest BCUT2D eigenvalue weighted by Crippen LogP contribution is -2.29. The van der Waals surface area contributed by atoms with Gasteiger partial charge in [-0.25, -0.2) is 4.79 Å². The van der Waals surface area contributed by atoms with Crippen LogP contribution in [0.4, 0.5) is 4.79 Å². The molecule has 0 radical (unpaired) electrons. The van der Waals surface area contributed by atoms with Crippen LogP contribution >= 0.6 is 6.72 Å². The molecule has 0 unspecified atom stereocenters. The average Bonchev–Trinajstić information content (AvgIpc) is 2.53. The molecule has 0 heterocycles. The van der Waals surface area contributed by atoms with E-state index in [0.29, 0.717) is 24.7 Å². The molecule has 0 aliphatic carbocycles. The van der Waals surface area contributed by atoms with Crippen molar-refractivity contribution in [2.45, 2.75) is 40.7 Å². The minimum absolute atomic E-state index is 0.0166. The van der Waals surface area contributed by atoms with Gasteiger partial charge in [0.05, 0.1) is 18.9 Å². The minimum atomic E-state index is -2.79. The predicted molar refractivity (Wildman–Crippen MR) is 102 cm³/mol. The summed E-state index contributed by atoms with van der Waals surface area (Å²) in [5.74, 6) is 0.542. The van der Waals surface area contributed by atoms with Gasteiger partial charge in [-0.1, -0.05) is 5.16 Å². The van der Waals surface area contributed by atoms with E-state index < -0.39 is 12.8 Å². The van der Waals surface area contributed by atoms with Crippen molar-refractivity contribution in [1.82, 2.24) is 5.32 Å². The fourth-order valence-electron chi connectivity index (χ4n) is 1.72. The van der Waals surface area contributed by atoms with E-state index in [-0.39, 0.29) is 6.04 Å². The molecule has 0 bridgehead atoms. The van der Waals surface area contributed by atoms with Crippen LogP contribution in [0.25, 0.3) is 0 Å². The molecule has 0 fully saturated rings. The van der Waals surface area contributed by atoms with Crippen LogP contribution in [0.3, 0.4) is 0 Å². The van der Waals surface area contributed by atoms with Gasteiger partial charge in [0.2, 0.25) is 0 Å². The average molecular weight is 388 g/mol. The van der Waals surface area contributed by atoms with Gasteiger partial charge in [0.25, 0.3) is 0 Å². The van der Waals surface area contributed by atoms with Crippen molar-refractivity contribution >= 4 is 30.3 Å². The Morgan fingerprint density at radius 2 is 1.76 bits per heavy atom. The summed E-state index contributed by atoms with van der Waals surface area (Å²) in [4.78, 5) is 16.2. The lowest BCUT2D eigenvalue weighted by atomic mass is 10.1. The number of amides is 1. The van der Waals surface area contributed by atoms with Crippen molar-refractivity contribution < 1.29 is 23.2 Å². The maximum absolute atomic E-state index is 11.4. The van der Waals surface area contributed by atoms with Crippen LogP contribution in [0, 0.1) is 0 Å². The minimum Gasteiger partial charge on any atom is -0.424 e. The Bertz CT molecular complexity index is 624. The van der Waals surface area contributed by atoms with Crippen molar-refractivity contribution in [2.24, 2.45) is 5.16 Å². The second-order valence-electron chi connectivity index (χ2n) is 5.25. The first-order valence-corrected chi connectivity index (χ1v) is 10.6. The molecule has 0 aromatic heterocycles. The van der Waals surface area contributed by atoms with E-state index in [1.54, 1.807) is 31.2 Å². The number of carbonyl (C=O) groups is 1. The standard InChI is InChI=1S/C16H25N2O5PS/c1-6-20-24(25,21-7-2)23-15-10-8-14(9-11-15)13(5)18-22-16(19)17-12(3)4/h8-12H,6-7H2,1-5H3,(H,17,19)/b18-13+. The highest BCUT2D eigenvalue weighted by molar-refractivity contribution is 8.07. The molecular formula is C16H25N2O5PS. The van der Waals surface area contributed by atoms with Crippen LogP contribution < -0.4 is 9.84 Å². The Labute approximate surface area is 153 Å². The largest absolute Gasteiger partial charge is 0.433 e. The summed E-state index contributed by atoms with van der Waals surface area (Å²) in [5, 5.41) is 6.40. The zero-order valence-corrected chi connectivity index (χ0v) is 16.9. The van der Waals surface area contributed by atoms with E-state index in [0.717, 1.165) is 5.56 Å². The topological polar surface area (TPSA) is 78.4 Å². The Balaban J connectivity index is 2.74. The van der Waals surface area contributed by atoms with Gasteiger partial charge in [0, 0.05) is 17.8 Å². The SMILES string of the molecule is CCOP(=S)(OCC)Oc1ccc(/C(C)=N/OC(=O)NC(C)C)cc1. The van der Waals surface area contributed by atoms with Crippen LogP contribution in [-0.2, 0) is 25.7 Å². The smallest absolute Gasteiger partial charge is 0.424 e. The van der Waals surface area contributed by atoms with Crippen molar-refractivity contribution in [3.8, 4) is 5.75 Å². The fourth-order valence-corrected chi connectivity index (χ4v) is 3.80. The van der Waals surface area contributed by atoms with Gasteiger partial charge in [-0.2, -0.15) is 0 Å². The van der Waals surface area contributed by atoms with E-state index in [1.165, 1.54) is 0 Å². The third-order valence-corrected chi connectivity index (χ3v) is 5.18. The molecule has 0 spiro atoms. The molecule has 0 saturated carbocycles. The Kier molecular flexibility index (Phi) is 9.06. The summed E-state index contributed by atoms with van der Waals surface area (Å²) in [6, 6.07) is 7.03. The summed E-state index contributed by atoms with van der Waals surface area (Å²) >= 11 is 5.33. The van der Waals surface area contributed by atoms with E-state index in [4.69, 9.17) is 30.2 Å². The molecule has 0 atom stereocenters. The summed E-state index contributed by atoms with van der Waals surface area (Å²) < 4.78 is 16.6. The number of benzene rings is 1. The second-order valence-corrected chi connectivity index (χ2v) is 8.19. The number of carbonyl (C=O) groups excluding carboxylic acids is 1. The van der Waals surface area contributed by atoms with E-state index in [9.17, 15) is 4.79 Å². The monoisotopic (exact) mass is 388 g/mol. The molecule has 1 rings (SSSR count). The molecular weight excluding hydrogens is 363 g/mol. The van der Waals surface area contributed by atoms with Gasteiger partial charge in [0.15, 0.2) is 0 Å². The Morgan fingerprint density at radius 1 is 1.20 bits per heavy atom. The predicted octanol–water partition coefficient (Wildman–Crippen LogP) is 4.22. The summed E-state index contributed by atoms with van der Waals surface area (Å²) in [6.45, 7) is 7.12. The van der Waals surface area contributed by atoms with Crippen LogP contribution in [0.1, 0.15) is 40.2 Å². The van der Waals surface area contributed by atoms with Crippen LogP contribution in [-0.4, -0.2) is 31.1 Å². The second kappa shape index (κ2) is 10.5. The molecule has 1 N–H and O–H groups in total. The number of oxime groups is 1. The van der Waals surface area contributed by atoms with E-state index in [2.05, 4.69) is 10.5 Å². The fraction of sp³-hybridized carbons (Fsp3) is 0.500. The summed E-state index contributed by atoms with van der Waals surface area (Å²) in [5.41, 5.74) is 1.34. The summed E-state index contributed by atoms with van der Waals surface area (Å²) in [7, 11) is 0. The molecule has 140 valence electrons. The molecule has 1 aromatic carbocycles. The van der Waals surface area contributed by atoms with Gasteiger partial charge in [0.1, 0.15) is 5.75 Å². The first-order valence-electron chi connectivity index (χ1n) is 8.01. The van der Waals surface area contributed by atoms with Crippen LogP contribution in [0.2, 0.25) is 0 Å². The highest BCUT2D eigenvalue weighted by Gasteiger charge is 2.21. The quantitative estimate of drug-likeness (QED) is 0.295. The number of hydrogen-bond acceptors (Lipinski definition) is 7. The third-order valence-electron chi connectivity index (χ3n) is 2.74. The van der Waals surface area contributed by atoms with Gasteiger partial charge < -0.3 is 9.84 Å². The van der Waals surface area contributed by atoms with Crippen LogP contribution in [0.15, 0.2) is 29.4 Å². The zero-order chi connectivity index (χ0) is 18.9. The first kappa shape index (κ1) is 21.6. The highest BCUT2D eigenvalue weighted by atomic mass is 32.5. The number of nitrogens with one attached hydrogen (secondary N) is 1. The molecule has 0 aliphatic heterocycles. The van der Waals surface area contributed by atoms with Crippen molar-refractivity contribution in [1.29, 1.82) is 0 Å². The van der Waals surface area contributed by atoms with Crippen molar-refractivity contribution in [2.75, 3.05) is 13.2 Å². The molecule has 1 amide bonds. The summed E-state index contributed by atoms with van der Waals surface area (Å²) in [6.07, 6.45) is -0.594. The Morgan fingerprint density at radius 3 is 2.24 bits per heavy atom. The molecule has 9 heteroatoms. The molecule has 25 heavy (non-hydrogen) atoms. The van der Waals surface area contributed by atoms with Gasteiger partial charge in [-0.05, 0) is 64.4 Å². The van der Waals surface area contributed by atoms with Gasteiger partial charge >= 0.3 is 12.8 Å². The number of rotatable bonds is 9. The first-order chi connectivity index (χ1) is 11.8. The van der Waals surface area contributed by atoms with E-state index >= 15 is 0 Å². The third kappa shape index (κ3) is 7.96. The normalized spacial score (nSPS) is 12.2. The number of nitrogens with zero attached hydrogens (tertiary/aromatic N) is 1. The molecule has 0 saturated heterocycles. The van der Waals surface area contributed by atoms with E-state index in [1.807, 2.05) is 27.7 Å². The molecule has 1 aromatic rings. The van der Waals surface area contributed by atoms with Gasteiger partial charge in [-0.15, -0.1) is 0 Å². The Hall–Kier alpha value is -1.47. The lowest BCUT2D eigenvalue weighted by Gasteiger charge is -2.21. The molecule has 0 aliphatic rings. The zero-order valence-electron chi connectivity index (χ0n) is 15.1. The van der Waals surface area contributed by atoms with Crippen molar-refractivity contribution in [3.05, 3.63) is 29.8 Å². The van der Waals surface area contributed by atoms with Gasteiger partial charge in [-0.3, -0.25) is 13.9 Å². The highest BCUT2D eigenvalue weighted by Crippen LogP contribution is 2.49. The lowest BCUT2D eigenvalue weighted by molar-refractivity contribution is 0.148. The number of hydrogen-bond donors (Lipinski definition) is 1. The van der Waals surface area contributed by atoms with Crippen LogP contribution in [0.5, 0.6) is 5.75 Å². The maximum Gasteiger partial charge on any atom is 0.433 e.